The second kappa shape index (κ2) is 3.49. The van der Waals surface area contributed by atoms with Crippen LogP contribution in [0, 0.1) is 0 Å². The summed E-state index contributed by atoms with van der Waals surface area (Å²) in [6.45, 7) is 0. The molecule has 70 valence electrons. The van der Waals surface area contributed by atoms with E-state index in [9.17, 15) is 0 Å². The van der Waals surface area contributed by atoms with E-state index in [-0.39, 0.29) is 0 Å². The maximum Gasteiger partial charge on any atom is 0.233 e. The Kier molecular flexibility index (Phi) is 2.35. The molecule has 5 heteroatoms. The van der Waals surface area contributed by atoms with Gasteiger partial charge in [-0.1, -0.05) is 0 Å². The third-order valence-corrected chi connectivity index (χ3v) is 2.86. The molecule has 0 bridgehead atoms. The highest BCUT2D eigenvalue weighted by Crippen LogP contribution is 2.30. The van der Waals surface area contributed by atoms with Crippen molar-refractivity contribution in [2.45, 2.75) is 25.4 Å². The number of aromatic nitrogens is 2. The first-order chi connectivity index (χ1) is 6.27. The fraction of sp³-hybridized carbons (Fsp3) is 0.500. The first-order valence-corrected chi connectivity index (χ1v) is 4.99. The third-order valence-electron chi connectivity index (χ3n) is 2.11. The summed E-state index contributed by atoms with van der Waals surface area (Å²) >= 11 is 3.29. The number of ether oxygens (including phenoxy) is 1. The first kappa shape index (κ1) is 8.74. The van der Waals surface area contributed by atoms with E-state index < -0.39 is 0 Å². The molecular weight excluding hydrogens is 234 g/mol. The summed E-state index contributed by atoms with van der Waals surface area (Å²) in [6, 6.07) is 0. The molecule has 1 aromatic heterocycles. The van der Waals surface area contributed by atoms with Crippen LogP contribution in [0.4, 0.5) is 5.82 Å². The molecule has 1 heterocycles. The lowest BCUT2D eigenvalue weighted by molar-refractivity contribution is 0.113. The van der Waals surface area contributed by atoms with Crippen molar-refractivity contribution < 1.29 is 4.74 Å². The van der Waals surface area contributed by atoms with E-state index in [0.29, 0.717) is 22.3 Å². The average Bonchev–Trinajstić information content (AvgIpc) is 2.04. The van der Waals surface area contributed by atoms with Crippen molar-refractivity contribution in [1.29, 1.82) is 0 Å². The molecule has 0 aliphatic heterocycles. The number of nitrogens with zero attached hydrogens (tertiary/aromatic N) is 2. The van der Waals surface area contributed by atoms with Crippen LogP contribution in [0.3, 0.4) is 0 Å². The standard InChI is InChI=1S/C8H10BrN3O/c9-6-7(10)11-4-12-8(6)13-5-2-1-3-5/h4-5H,1-3H2,(H2,10,11,12). The summed E-state index contributed by atoms with van der Waals surface area (Å²) in [5.41, 5.74) is 5.58. The second-order valence-corrected chi connectivity index (χ2v) is 3.84. The molecule has 0 aromatic carbocycles. The van der Waals surface area contributed by atoms with Gasteiger partial charge >= 0.3 is 0 Å². The summed E-state index contributed by atoms with van der Waals surface area (Å²) in [5, 5.41) is 0. The van der Waals surface area contributed by atoms with E-state index in [1.165, 1.54) is 12.7 Å². The van der Waals surface area contributed by atoms with Crippen LogP contribution in [-0.2, 0) is 0 Å². The molecule has 2 rings (SSSR count). The smallest absolute Gasteiger partial charge is 0.233 e. The Morgan fingerprint density at radius 3 is 2.85 bits per heavy atom. The van der Waals surface area contributed by atoms with Gasteiger partial charge in [-0.05, 0) is 35.2 Å². The lowest BCUT2D eigenvalue weighted by atomic mass is 9.96. The van der Waals surface area contributed by atoms with Crippen molar-refractivity contribution in [3.63, 3.8) is 0 Å². The second-order valence-electron chi connectivity index (χ2n) is 3.05. The quantitative estimate of drug-likeness (QED) is 0.860. The first-order valence-electron chi connectivity index (χ1n) is 4.20. The number of hydrogen-bond donors (Lipinski definition) is 1. The minimum atomic E-state index is 0.311. The highest BCUT2D eigenvalue weighted by molar-refractivity contribution is 9.10. The number of anilines is 1. The molecule has 0 unspecified atom stereocenters. The Hall–Kier alpha value is -0.840. The van der Waals surface area contributed by atoms with Gasteiger partial charge in [0, 0.05) is 0 Å². The molecule has 1 saturated carbocycles. The van der Waals surface area contributed by atoms with Gasteiger partial charge in [0.2, 0.25) is 5.88 Å². The highest BCUT2D eigenvalue weighted by atomic mass is 79.9. The molecular formula is C8H10BrN3O. The molecule has 0 spiro atoms. The molecule has 0 amide bonds. The molecule has 0 saturated heterocycles. The fourth-order valence-electron chi connectivity index (χ4n) is 1.10. The van der Waals surface area contributed by atoms with Crippen LogP contribution in [0.5, 0.6) is 5.88 Å². The van der Waals surface area contributed by atoms with Gasteiger partial charge in [0.05, 0.1) is 0 Å². The molecule has 1 fully saturated rings. The van der Waals surface area contributed by atoms with E-state index in [4.69, 9.17) is 10.5 Å². The summed E-state index contributed by atoms with van der Waals surface area (Å²) in [6.07, 6.45) is 5.18. The van der Waals surface area contributed by atoms with Crippen LogP contribution < -0.4 is 10.5 Å². The summed E-state index contributed by atoms with van der Waals surface area (Å²) in [4.78, 5) is 7.83. The van der Waals surface area contributed by atoms with Crippen LogP contribution in [0.2, 0.25) is 0 Å². The van der Waals surface area contributed by atoms with Crippen LogP contribution in [-0.4, -0.2) is 16.1 Å². The minimum Gasteiger partial charge on any atom is -0.473 e. The Labute approximate surface area is 84.6 Å². The van der Waals surface area contributed by atoms with Gasteiger partial charge in [-0.15, -0.1) is 0 Å². The third kappa shape index (κ3) is 1.75. The number of halogens is 1. The normalized spacial score (nSPS) is 16.7. The lowest BCUT2D eigenvalue weighted by Gasteiger charge is -2.26. The zero-order valence-electron chi connectivity index (χ0n) is 7.03. The van der Waals surface area contributed by atoms with E-state index in [0.717, 1.165) is 12.8 Å². The highest BCUT2D eigenvalue weighted by Gasteiger charge is 2.21. The maximum absolute atomic E-state index is 5.58. The topological polar surface area (TPSA) is 61.0 Å². The largest absolute Gasteiger partial charge is 0.473 e. The van der Waals surface area contributed by atoms with Gasteiger partial charge in [0.25, 0.3) is 0 Å². The van der Waals surface area contributed by atoms with Gasteiger partial charge in [-0.3, -0.25) is 0 Å². The Bertz CT molecular complexity index is 314. The monoisotopic (exact) mass is 243 g/mol. The molecule has 0 atom stereocenters. The Balaban J connectivity index is 2.14. The Morgan fingerprint density at radius 1 is 1.46 bits per heavy atom. The predicted octanol–water partition coefficient (Wildman–Crippen LogP) is 1.75. The van der Waals surface area contributed by atoms with Crippen molar-refractivity contribution in [3.8, 4) is 5.88 Å². The number of nitrogens with two attached hydrogens (primary N) is 1. The maximum atomic E-state index is 5.58. The van der Waals surface area contributed by atoms with E-state index >= 15 is 0 Å². The van der Waals surface area contributed by atoms with Crippen molar-refractivity contribution in [2.75, 3.05) is 5.73 Å². The Morgan fingerprint density at radius 2 is 2.23 bits per heavy atom. The average molecular weight is 244 g/mol. The molecule has 13 heavy (non-hydrogen) atoms. The van der Waals surface area contributed by atoms with Crippen molar-refractivity contribution in [2.24, 2.45) is 0 Å². The van der Waals surface area contributed by atoms with Crippen molar-refractivity contribution in [3.05, 3.63) is 10.8 Å². The van der Waals surface area contributed by atoms with Gasteiger partial charge < -0.3 is 10.5 Å². The molecule has 1 aromatic rings. The molecule has 4 nitrogen and oxygen atoms in total. The van der Waals surface area contributed by atoms with Gasteiger partial charge in [0.1, 0.15) is 22.7 Å². The number of hydrogen-bond acceptors (Lipinski definition) is 4. The minimum absolute atomic E-state index is 0.311. The van der Waals surface area contributed by atoms with Gasteiger partial charge in [-0.25, -0.2) is 9.97 Å². The van der Waals surface area contributed by atoms with Crippen LogP contribution in [0.15, 0.2) is 10.8 Å². The molecule has 2 N–H and O–H groups in total. The van der Waals surface area contributed by atoms with Crippen LogP contribution >= 0.6 is 15.9 Å². The number of nitrogen functional groups attached to an aromatic ring is 1. The fourth-order valence-corrected chi connectivity index (χ4v) is 1.39. The van der Waals surface area contributed by atoms with Crippen molar-refractivity contribution in [1.82, 2.24) is 9.97 Å². The van der Waals surface area contributed by atoms with E-state index in [2.05, 4.69) is 25.9 Å². The van der Waals surface area contributed by atoms with Crippen molar-refractivity contribution >= 4 is 21.7 Å². The van der Waals surface area contributed by atoms with E-state index in [1.807, 2.05) is 0 Å². The molecule has 1 aliphatic carbocycles. The lowest BCUT2D eigenvalue weighted by Crippen LogP contribution is -2.25. The number of rotatable bonds is 2. The van der Waals surface area contributed by atoms with Gasteiger partial charge in [0.15, 0.2) is 0 Å². The SMILES string of the molecule is Nc1ncnc(OC2CCC2)c1Br. The zero-order valence-corrected chi connectivity index (χ0v) is 8.62. The summed E-state index contributed by atoms with van der Waals surface area (Å²) in [5.74, 6) is 0.974. The zero-order chi connectivity index (χ0) is 9.26. The van der Waals surface area contributed by atoms with Gasteiger partial charge in [-0.2, -0.15) is 0 Å². The summed E-state index contributed by atoms with van der Waals surface area (Å²) in [7, 11) is 0. The molecule has 1 aliphatic rings. The molecule has 0 radical (unpaired) electrons. The van der Waals surface area contributed by atoms with E-state index in [1.54, 1.807) is 0 Å². The summed E-state index contributed by atoms with van der Waals surface area (Å²) < 4.78 is 6.24. The predicted molar refractivity (Wildman–Crippen MR) is 52.4 cm³/mol. The van der Waals surface area contributed by atoms with Crippen LogP contribution in [0.1, 0.15) is 19.3 Å². The van der Waals surface area contributed by atoms with Crippen LogP contribution in [0.25, 0.3) is 0 Å².